The van der Waals surface area contributed by atoms with Gasteiger partial charge >= 0.3 is 5.97 Å². The zero-order chi connectivity index (χ0) is 20.1. The molecule has 0 spiro atoms. The summed E-state index contributed by atoms with van der Waals surface area (Å²) >= 11 is 0. The zero-order valence-electron chi connectivity index (χ0n) is 15.4. The summed E-state index contributed by atoms with van der Waals surface area (Å²) in [6.45, 7) is 0. The number of benzene rings is 3. The molecule has 1 heterocycles. The number of rotatable bonds is 5. The average molecular weight is 401 g/mol. The van der Waals surface area contributed by atoms with Crippen LogP contribution in [0.2, 0.25) is 0 Å². The van der Waals surface area contributed by atoms with Crippen molar-refractivity contribution >= 4 is 29.8 Å². The largest absolute Gasteiger partial charge is 0.422 e. The molecule has 5 heteroatoms. The Labute approximate surface area is 169 Å². The first kappa shape index (κ1) is 19.0. The third kappa shape index (κ3) is 4.23. The molecule has 0 bridgehead atoms. The molecule has 4 aromatic rings. The maximum atomic E-state index is 13.9. The Morgan fingerprint density at radius 3 is 1.97 bits per heavy atom. The summed E-state index contributed by atoms with van der Waals surface area (Å²) in [7, 11) is -0.961. The van der Waals surface area contributed by atoms with Crippen LogP contribution in [0.3, 0.4) is 0 Å². The first-order valence-corrected chi connectivity index (χ1v) is 10.4. The summed E-state index contributed by atoms with van der Waals surface area (Å²) in [5, 5.41) is 3.15. The second-order valence-electron chi connectivity index (χ2n) is 6.21. The molecule has 0 saturated carbocycles. The van der Waals surface area contributed by atoms with Crippen molar-refractivity contribution in [3.05, 3.63) is 115 Å². The van der Waals surface area contributed by atoms with Gasteiger partial charge in [0.15, 0.2) is 0 Å². The van der Waals surface area contributed by atoms with E-state index in [1.165, 1.54) is 18.3 Å². The molecule has 0 N–H and O–H groups in total. The lowest BCUT2D eigenvalue weighted by atomic mass is 10.3. The predicted octanol–water partition coefficient (Wildman–Crippen LogP) is 4.20. The lowest BCUT2D eigenvalue weighted by Gasteiger charge is -2.21. The Bertz CT molecular complexity index is 1080. The van der Waals surface area contributed by atoms with Crippen molar-refractivity contribution in [3.8, 4) is 5.75 Å². The van der Waals surface area contributed by atoms with E-state index in [1.807, 2.05) is 48.5 Å². The van der Waals surface area contributed by atoms with E-state index in [4.69, 9.17) is 4.74 Å². The van der Waals surface area contributed by atoms with Crippen molar-refractivity contribution in [3.63, 3.8) is 0 Å². The van der Waals surface area contributed by atoms with E-state index in [1.54, 1.807) is 12.1 Å². The Kier molecular flexibility index (Phi) is 5.73. The fourth-order valence-corrected chi connectivity index (χ4v) is 5.37. The maximum Gasteiger partial charge on any atom is 0.348 e. The molecule has 142 valence electrons. The van der Waals surface area contributed by atoms with Crippen LogP contribution in [0.25, 0.3) is 0 Å². The minimum Gasteiger partial charge on any atom is -0.422 e. The molecule has 4 rings (SSSR count). The Hall–Kier alpha value is -3.36. The van der Waals surface area contributed by atoms with E-state index in [-0.39, 0.29) is 5.56 Å². The van der Waals surface area contributed by atoms with E-state index in [0.29, 0.717) is 5.75 Å². The molecule has 0 fully saturated rings. The fraction of sp³-hybridized carbons (Fsp3) is 0. The number of aromatic nitrogens is 1. The van der Waals surface area contributed by atoms with Crippen LogP contribution in [-0.4, -0.2) is 11.0 Å². The molecule has 0 radical (unpaired) electrons. The average Bonchev–Trinajstić information content (AvgIpc) is 2.77. The van der Waals surface area contributed by atoms with Crippen LogP contribution >= 0.6 is 7.92 Å². The number of pyridine rings is 1. The van der Waals surface area contributed by atoms with E-state index < -0.39 is 19.8 Å². The van der Waals surface area contributed by atoms with Gasteiger partial charge in [-0.15, -0.1) is 0 Å². The highest BCUT2D eigenvalue weighted by molar-refractivity contribution is 7.80. The topological polar surface area (TPSA) is 39.2 Å². The number of hydrogen-bond donors (Lipinski definition) is 0. The van der Waals surface area contributed by atoms with Gasteiger partial charge in [-0.25, -0.2) is 9.78 Å². The molecule has 29 heavy (non-hydrogen) atoms. The molecule has 0 saturated heterocycles. The first-order chi connectivity index (χ1) is 14.2. The Balaban J connectivity index is 1.77. The zero-order valence-corrected chi connectivity index (χ0v) is 16.3. The van der Waals surface area contributed by atoms with Crippen LogP contribution in [0.4, 0.5) is 4.39 Å². The normalized spacial score (nSPS) is 10.7. The van der Waals surface area contributed by atoms with Crippen molar-refractivity contribution in [1.82, 2.24) is 4.98 Å². The van der Waals surface area contributed by atoms with Crippen LogP contribution in [0.5, 0.6) is 5.75 Å². The third-order valence-corrected chi connectivity index (χ3v) is 6.80. The minimum atomic E-state index is -0.961. The van der Waals surface area contributed by atoms with Crippen molar-refractivity contribution in [2.24, 2.45) is 0 Å². The molecular formula is C24H17FNO2P. The summed E-state index contributed by atoms with van der Waals surface area (Å²) in [6, 6.07) is 30.5. The summed E-state index contributed by atoms with van der Waals surface area (Å²) in [4.78, 5) is 16.1. The SMILES string of the molecule is O=C(Oc1ccccc1P(c1ccccc1)c1ccccc1)c1cccnc1F. The molecule has 0 unspecified atom stereocenters. The van der Waals surface area contributed by atoms with Gasteiger partial charge in [-0.3, -0.25) is 0 Å². The lowest BCUT2D eigenvalue weighted by Crippen LogP contribution is -2.23. The molecule has 1 aromatic heterocycles. The molecule has 3 nitrogen and oxygen atoms in total. The van der Waals surface area contributed by atoms with Gasteiger partial charge in [-0.2, -0.15) is 4.39 Å². The van der Waals surface area contributed by atoms with Gasteiger partial charge in [-0.1, -0.05) is 78.9 Å². The quantitative estimate of drug-likeness (QED) is 0.218. The number of nitrogens with zero attached hydrogens (tertiary/aromatic N) is 1. The van der Waals surface area contributed by atoms with Crippen molar-refractivity contribution < 1.29 is 13.9 Å². The summed E-state index contributed by atoms with van der Waals surface area (Å²) in [5.74, 6) is -1.19. The van der Waals surface area contributed by atoms with Crippen LogP contribution in [0.1, 0.15) is 10.4 Å². The highest BCUT2D eigenvalue weighted by Gasteiger charge is 2.22. The number of esters is 1. The monoisotopic (exact) mass is 401 g/mol. The summed E-state index contributed by atoms with van der Waals surface area (Å²) in [5.41, 5.74) is -0.189. The second kappa shape index (κ2) is 8.76. The number of carbonyl (C=O) groups excluding carboxylic acids is 1. The van der Waals surface area contributed by atoms with Gasteiger partial charge in [0.2, 0.25) is 5.95 Å². The highest BCUT2D eigenvalue weighted by Crippen LogP contribution is 2.36. The van der Waals surface area contributed by atoms with E-state index >= 15 is 0 Å². The van der Waals surface area contributed by atoms with E-state index in [9.17, 15) is 9.18 Å². The first-order valence-electron chi connectivity index (χ1n) is 9.06. The molecule has 0 aliphatic rings. The van der Waals surface area contributed by atoms with Gasteiger partial charge in [0, 0.05) is 11.5 Å². The van der Waals surface area contributed by atoms with E-state index in [2.05, 4.69) is 29.2 Å². The number of para-hydroxylation sites is 1. The molecule has 0 amide bonds. The number of halogens is 1. The smallest absolute Gasteiger partial charge is 0.348 e. The fourth-order valence-electron chi connectivity index (χ4n) is 3.00. The van der Waals surface area contributed by atoms with Gasteiger partial charge < -0.3 is 4.74 Å². The van der Waals surface area contributed by atoms with Crippen molar-refractivity contribution in [1.29, 1.82) is 0 Å². The van der Waals surface area contributed by atoms with Gasteiger partial charge in [0.1, 0.15) is 11.3 Å². The van der Waals surface area contributed by atoms with Crippen LogP contribution in [0, 0.1) is 5.95 Å². The van der Waals surface area contributed by atoms with Crippen molar-refractivity contribution in [2.45, 2.75) is 0 Å². The highest BCUT2D eigenvalue weighted by atomic mass is 31.1. The van der Waals surface area contributed by atoms with Crippen molar-refractivity contribution in [2.75, 3.05) is 0 Å². The molecule has 0 atom stereocenters. The molecular weight excluding hydrogens is 384 g/mol. The summed E-state index contributed by atoms with van der Waals surface area (Å²) < 4.78 is 19.6. The lowest BCUT2D eigenvalue weighted by molar-refractivity contribution is 0.0730. The number of hydrogen-bond acceptors (Lipinski definition) is 3. The van der Waals surface area contributed by atoms with E-state index in [0.717, 1.165) is 15.9 Å². The summed E-state index contributed by atoms with van der Waals surface area (Å²) in [6.07, 6.45) is 1.30. The predicted molar refractivity (Wildman–Crippen MR) is 114 cm³/mol. The van der Waals surface area contributed by atoms with Crippen LogP contribution in [-0.2, 0) is 0 Å². The maximum absolute atomic E-state index is 13.9. The van der Waals surface area contributed by atoms with Crippen LogP contribution in [0.15, 0.2) is 103 Å². The Morgan fingerprint density at radius 1 is 0.759 bits per heavy atom. The second-order valence-corrected chi connectivity index (χ2v) is 8.39. The van der Waals surface area contributed by atoms with Gasteiger partial charge in [0.25, 0.3) is 0 Å². The minimum absolute atomic E-state index is 0.189. The molecule has 0 aliphatic carbocycles. The van der Waals surface area contributed by atoms with Gasteiger partial charge in [0.05, 0.1) is 0 Å². The molecule has 0 aliphatic heterocycles. The number of carbonyl (C=O) groups is 1. The molecule has 3 aromatic carbocycles. The van der Waals surface area contributed by atoms with Crippen LogP contribution < -0.4 is 20.7 Å². The Morgan fingerprint density at radius 2 is 1.34 bits per heavy atom. The number of ether oxygens (including phenoxy) is 1. The third-order valence-electron chi connectivity index (χ3n) is 4.32. The standard InChI is InChI=1S/C24H17FNO2P/c25-23-20(14-9-17-26-23)24(27)28-21-15-7-8-16-22(21)29(18-10-3-1-4-11-18)19-12-5-2-6-13-19/h1-17H. The van der Waals surface area contributed by atoms with Gasteiger partial charge in [-0.05, 0) is 36.7 Å².